The summed E-state index contributed by atoms with van der Waals surface area (Å²) in [6.45, 7) is 2.69. The van der Waals surface area contributed by atoms with E-state index in [-0.39, 0.29) is 5.82 Å². The fourth-order valence-corrected chi connectivity index (χ4v) is 2.26. The maximum atomic E-state index is 12.3. The summed E-state index contributed by atoms with van der Waals surface area (Å²) in [6, 6.07) is 8.96. The molecule has 1 heterocycles. The van der Waals surface area contributed by atoms with Crippen molar-refractivity contribution in [1.29, 1.82) is 0 Å². The number of nitrogens with two attached hydrogens (primary N) is 1. The molecule has 0 unspecified atom stereocenters. The van der Waals surface area contributed by atoms with Gasteiger partial charge in [0.05, 0.1) is 5.41 Å². The van der Waals surface area contributed by atoms with E-state index in [0.29, 0.717) is 0 Å². The number of rotatable bonds is 5. The second-order valence-corrected chi connectivity index (χ2v) is 6.07. The molecule has 0 amide bonds. The molecule has 0 saturated heterocycles. The van der Waals surface area contributed by atoms with Gasteiger partial charge in [0.25, 0.3) is 5.56 Å². The summed E-state index contributed by atoms with van der Waals surface area (Å²) in [5.41, 5.74) is 3.35. The number of esters is 1. The first-order valence-corrected chi connectivity index (χ1v) is 7.51. The van der Waals surface area contributed by atoms with Gasteiger partial charge in [-0.15, -0.1) is 0 Å². The number of H-pyrrole nitrogens is 1. The van der Waals surface area contributed by atoms with Gasteiger partial charge in [0, 0.05) is 7.05 Å². The van der Waals surface area contributed by atoms with E-state index in [4.69, 9.17) is 10.5 Å². The van der Waals surface area contributed by atoms with Crippen LogP contribution < -0.4 is 17.0 Å². The number of hydrogen-bond acceptors (Lipinski definition) is 6. The lowest BCUT2D eigenvalue weighted by Crippen LogP contribution is -2.37. The third-order valence-corrected chi connectivity index (χ3v) is 3.99. The van der Waals surface area contributed by atoms with Crippen molar-refractivity contribution >= 4 is 17.6 Å². The molecule has 8 nitrogen and oxygen atoms in total. The normalized spacial score (nSPS) is 11.2. The van der Waals surface area contributed by atoms with Gasteiger partial charge in [-0.1, -0.05) is 30.3 Å². The first kappa shape index (κ1) is 18.2. The van der Waals surface area contributed by atoms with Crippen LogP contribution in [-0.4, -0.2) is 27.9 Å². The molecule has 0 atom stereocenters. The van der Waals surface area contributed by atoms with Crippen molar-refractivity contribution in [3.63, 3.8) is 0 Å². The van der Waals surface area contributed by atoms with Crippen LogP contribution in [0.3, 0.4) is 0 Å². The summed E-state index contributed by atoms with van der Waals surface area (Å²) >= 11 is 0. The molecule has 1 aromatic heterocycles. The molecule has 0 radical (unpaired) electrons. The van der Waals surface area contributed by atoms with E-state index in [9.17, 15) is 19.2 Å². The smallest absolute Gasteiger partial charge is 0.329 e. The summed E-state index contributed by atoms with van der Waals surface area (Å²) in [7, 11) is 1.31. The maximum Gasteiger partial charge on any atom is 0.329 e. The number of aromatic nitrogens is 2. The molecule has 2 aromatic rings. The number of ether oxygens (including phenoxy) is 1. The van der Waals surface area contributed by atoms with Crippen molar-refractivity contribution in [3.8, 4) is 0 Å². The van der Waals surface area contributed by atoms with E-state index in [1.54, 1.807) is 38.1 Å². The highest BCUT2D eigenvalue weighted by Gasteiger charge is 2.32. The first-order valence-electron chi connectivity index (χ1n) is 7.51. The van der Waals surface area contributed by atoms with Gasteiger partial charge < -0.3 is 10.5 Å². The lowest BCUT2D eigenvalue weighted by molar-refractivity contribution is -0.148. The molecular formula is C17H19N3O5. The summed E-state index contributed by atoms with van der Waals surface area (Å²) < 4.78 is 6.01. The predicted octanol–water partition coefficient (Wildman–Crippen LogP) is 0.360. The Morgan fingerprint density at radius 1 is 1.20 bits per heavy atom. The SMILES string of the molecule is Cn1c(N)c(C(=O)COC(=O)C(C)(C)c2ccccc2)c(=O)[nH]c1=O. The van der Waals surface area contributed by atoms with Crippen molar-refractivity contribution in [2.75, 3.05) is 12.3 Å². The van der Waals surface area contributed by atoms with Crippen LogP contribution in [-0.2, 0) is 22.0 Å². The number of aromatic amines is 1. The Bertz CT molecular complexity index is 926. The minimum Gasteiger partial charge on any atom is -0.457 e. The van der Waals surface area contributed by atoms with E-state index < -0.39 is 40.6 Å². The quantitative estimate of drug-likeness (QED) is 0.595. The Kier molecular flexibility index (Phi) is 4.92. The summed E-state index contributed by atoms with van der Waals surface area (Å²) in [4.78, 5) is 49.8. The van der Waals surface area contributed by atoms with Crippen LogP contribution in [0.5, 0.6) is 0 Å². The number of anilines is 1. The molecule has 0 bridgehead atoms. The summed E-state index contributed by atoms with van der Waals surface area (Å²) in [5, 5.41) is 0. The highest BCUT2D eigenvalue weighted by molar-refractivity contribution is 6.01. The number of hydrogen-bond donors (Lipinski definition) is 2. The van der Waals surface area contributed by atoms with Crippen molar-refractivity contribution in [1.82, 2.24) is 9.55 Å². The highest BCUT2D eigenvalue weighted by atomic mass is 16.5. The van der Waals surface area contributed by atoms with Crippen LogP contribution in [0.15, 0.2) is 39.9 Å². The number of nitrogens with zero attached hydrogens (tertiary/aromatic N) is 1. The molecular weight excluding hydrogens is 326 g/mol. The molecule has 8 heteroatoms. The van der Waals surface area contributed by atoms with Gasteiger partial charge in [0.1, 0.15) is 11.4 Å². The lowest BCUT2D eigenvalue weighted by atomic mass is 9.85. The molecule has 0 spiro atoms. The monoisotopic (exact) mass is 345 g/mol. The molecule has 0 aliphatic heterocycles. The number of ketones is 1. The van der Waals surface area contributed by atoms with E-state index >= 15 is 0 Å². The van der Waals surface area contributed by atoms with Gasteiger partial charge in [-0.25, -0.2) is 4.79 Å². The van der Waals surface area contributed by atoms with Gasteiger partial charge >= 0.3 is 11.7 Å². The van der Waals surface area contributed by atoms with Crippen LogP contribution in [0.4, 0.5) is 5.82 Å². The predicted molar refractivity (Wildman–Crippen MR) is 91.5 cm³/mol. The van der Waals surface area contributed by atoms with Crippen molar-refractivity contribution in [2.24, 2.45) is 7.05 Å². The second kappa shape index (κ2) is 6.76. The number of benzene rings is 1. The number of Topliss-reactive ketones (excluding diaryl/α,β-unsaturated/α-hetero) is 1. The molecule has 2 rings (SSSR count). The number of carbonyl (C=O) groups excluding carboxylic acids is 2. The average molecular weight is 345 g/mol. The number of nitrogen functional groups attached to an aromatic ring is 1. The van der Waals surface area contributed by atoms with Gasteiger partial charge in [0.15, 0.2) is 6.61 Å². The summed E-state index contributed by atoms with van der Waals surface area (Å²) in [5.74, 6) is -1.68. The third-order valence-electron chi connectivity index (χ3n) is 3.99. The molecule has 132 valence electrons. The Morgan fingerprint density at radius 2 is 1.80 bits per heavy atom. The second-order valence-electron chi connectivity index (χ2n) is 6.07. The molecule has 0 aliphatic rings. The van der Waals surface area contributed by atoms with Crippen LogP contribution in [0.1, 0.15) is 29.8 Å². The maximum absolute atomic E-state index is 12.3. The van der Waals surface area contributed by atoms with Gasteiger partial charge in [0.2, 0.25) is 5.78 Å². The van der Waals surface area contributed by atoms with Crippen LogP contribution in [0.2, 0.25) is 0 Å². The third kappa shape index (κ3) is 3.52. The minimum atomic E-state index is -0.969. The topological polar surface area (TPSA) is 124 Å². The molecule has 0 aliphatic carbocycles. The number of carbonyl (C=O) groups is 2. The van der Waals surface area contributed by atoms with Crippen molar-refractivity contribution in [2.45, 2.75) is 19.3 Å². The van der Waals surface area contributed by atoms with Crippen molar-refractivity contribution in [3.05, 3.63) is 62.3 Å². The molecule has 25 heavy (non-hydrogen) atoms. The zero-order chi connectivity index (χ0) is 18.8. The molecule has 0 saturated carbocycles. The highest BCUT2D eigenvalue weighted by Crippen LogP contribution is 2.24. The zero-order valence-electron chi connectivity index (χ0n) is 14.2. The molecule has 1 aromatic carbocycles. The van der Waals surface area contributed by atoms with Gasteiger partial charge in [-0.2, -0.15) is 0 Å². The van der Waals surface area contributed by atoms with E-state index in [1.165, 1.54) is 7.05 Å². The molecule has 0 fully saturated rings. The van der Waals surface area contributed by atoms with Crippen molar-refractivity contribution < 1.29 is 14.3 Å². The largest absolute Gasteiger partial charge is 0.457 e. The zero-order valence-corrected chi connectivity index (χ0v) is 14.2. The fourth-order valence-electron chi connectivity index (χ4n) is 2.26. The Hall–Kier alpha value is -3.16. The van der Waals surface area contributed by atoms with Gasteiger partial charge in [-0.05, 0) is 19.4 Å². The van der Waals surface area contributed by atoms with E-state index in [2.05, 4.69) is 0 Å². The Morgan fingerprint density at radius 3 is 2.40 bits per heavy atom. The first-order chi connectivity index (χ1) is 11.7. The standard InChI is InChI=1S/C17H19N3O5/c1-17(2,10-7-5-4-6-8-10)15(23)25-9-11(21)12-13(18)20(3)16(24)19-14(12)22/h4-8H,9,18H2,1-3H3,(H,19,22,24). The fraction of sp³-hybridized carbons (Fsp3) is 0.294. The number of nitrogens with one attached hydrogen (secondary N) is 1. The Balaban J connectivity index is 2.18. The van der Waals surface area contributed by atoms with E-state index in [1.807, 2.05) is 11.1 Å². The molecule has 3 N–H and O–H groups in total. The van der Waals surface area contributed by atoms with Crippen LogP contribution in [0, 0.1) is 0 Å². The minimum absolute atomic E-state index is 0.280. The lowest BCUT2D eigenvalue weighted by Gasteiger charge is -2.22. The van der Waals surface area contributed by atoms with E-state index in [0.717, 1.165) is 10.1 Å². The Labute approximate surface area is 143 Å². The average Bonchev–Trinajstić information content (AvgIpc) is 2.58. The van der Waals surface area contributed by atoms with Gasteiger partial charge in [-0.3, -0.25) is 23.9 Å². The van der Waals surface area contributed by atoms with Crippen LogP contribution >= 0.6 is 0 Å². The van der Waals surface area contributed by atoms with Crippen LogP contribution in [0.25, 0.3) is 0 Å². The summed E-state index contributed by atoms with van der Waals surface area (Å²) in [6.07, 6.45) is 0.